The van der Waals surface area contributed by atoms with Crippen LogP contribution in [0.1, 0.15) is 65.5 Å². The number of hydrogen-bond acceptors (Lipinski definition) is 2. The topological polar surface area (TPSA) is 23.5 Å². The monoisotopic (exact) mass is 275 g/mol. The summed E-state index contributed by atoms with van der Waals surface area (Å²) in [4.78, 5) is 2.33. The second-order valence-electron chi connectivity index (χ2n) is 8.09. The van der Waals surface area contributed by atoms with Crippen molar-refractivity contribution in [2.45, 2.75) is 65.2 Å². The van der Waals surface area contributed by atoms with E-state index in [4.69, 9.17) is 0 Å². The summed E-state index contributed by atoms with van der Waals surface area (Å²) >= 11 is 0. The van der Waals surface area contributed by atoms with Crippen molar-refractivity contribution >= 4 is 5.69 Å². The van der Waals surface area contributed by atoms with Crippen LogP contribution < -0.4 is 4.90 Å². The normalized spacial score (nSPS) is 16.8. The highest BCUT2D eigenvalue weighted by molar-refractivity contribution is 5.65. The molecular weight excluding hydrogens is 246 g/mol. The molecule has 1 aliphatic rings. The SMILES string of the molecule is CC(C)(C)c1cc(N2CCCC2)c(O)c(C(C)(C)C)c1. The van der Waals surface area contributed by atoms with Crippen LogP contribution in [0, 0.1) is 0 Å². The van der Waals surface area contributed by atoms with Crippen LogP contribution in [-0.4, -0.2) is 18.2 Å². The molecule has 0 unspecified atom stereocenters. The molecule has 0 spiro atoms. The van der Waals surface area contributed by atoms with Crippen molar-refractivity contribution in [2.75, 3.05) is 18.0 Å². The average Bonchev–Trinajstić information content (AvgIpc) is 2.79. The van der Waals surface area contributed by atoms with E-state index in [0.717, 1.165) is 24.3 Å². The Hall–Kier alpha value is -1.18. The maximum Gasteiger partial charge on any atom is 0.142 e. The first-order valence-electron chi connectivity index (χ1n) is 7.73. The van der Waals surface area contributed by atoms with Crippen molar-refractivity contribution in [3.05, 3.63) is 23.3 Å². The minimum atomic E-state index is -0.0418. The molecule has 1 N–H and O–H groups in total. The number of nitrogens with zero attached hydrogens (tertiary/aromatic N) is 1. The highest BCUT2D eigenvalue weighted by Crippen LogP contribution is 2.42. The van der Waals surface area contributed by atoms with E-state index in [1.165, 1.54) is 18.4 Å². The molecule has 1 aliphatic heterocycles. The molecule has 0 amide bonds. The van der Waals surface area contributed by atoms with Gasteiger partial charge in [0.15, 0.2) is 0 Å². The highest BCUT2D eigenvalue weighted by Gasteiger charge is 2.27. The van der Waals surface area contributed by atoms with Gasteiger partial charge in [0.2, 0.25) is 0 Å². The van der Waals surface area contributed by atoms with E-state index >= 15 is 0 Å². The molecule has 0 saturated carbocycles. The van der Waals surface area contributed by atoms with Gasteiger partial charge in [-0.3, -0.25) is 0 Å². The quantitative estimate of drug-likeness (QED) is 0.810. The van der Waals surface area contributed by atoms with Gasteiger partial charge in [0.25, 0.3) is 0 Å². The van der Waals surface area contributed by atoms with Gasteiger partial charge < -0.3 is 10.0 Å². The molecule has 0 bridgehead atoms. The highest BCUT2D eigenvalue weighted by atomic mass is 16.3. The van der Waals surface area contributed by atoms with Gasteiger partial charge in [-0.1, -0.05) is 47.6 Å². The lowest BCUT2D eigenvalue weighted by Gasteiger charge is -2.30. The number of aromatic hydroxyl groups is 1. The lowest BCUT2D eigenvalue weighted by Crippen LogP contribution is -2.22. The molecule has 2 heteroatoms. The van der Waals surface area contributed by atoms with Crippen LogP contribution in [-0.2, 0) is 10.8 Å². The number of phenolic OH excluding ortho intramolecular Hbond substituents is 1. The van der Waals surface area contributed by atoms with Gasteiger partial charge in [0.05, 0.1) is 5.69 Å². The van der Waals surface area contributed by atoms with Crippen LogP contribution in [0.4, 0.5) is 5.69 Å². The van der Waals surface area contributed by atoms with E-state index < -0.39 is 0 Å². The molecule has 1 aromatic carbocycles. The Bertz CT molecular complexity index is 485. The summed E-state index contributed by atoms with van der Waals surface area (Å²) in [5.74, 6) is 0.479. The van der Waals surface area contributed by atoms with Crippen LogP contribution in [0.15, 0.2) is 12.1 Å². The first-order valence-corrected chi connectivity index (χ1v) is 7.73. The third kappa shape index (κ3) is 2.94. The number of rotatable bonds is 1. The summed E-state index contributed by atoms with van der Waals surface area (Å²) in [6, 6.07) is 4.38. The lowest BCUT2D eigenvalue weighted by atomic mass is 9.79. The summed E-state index contributed by atoms with van der Waals surface area (Å²) < 4.78 is 0. The predicted octanol–water partition coefficient (Wildman–Crippen LogP) is 4.59. The molecule has 1 heterocycles. The summed E-state index contributed by atoms with van der Waals surface area (Å²) in [5, 5.41) is 10.7. The van der Waals surface area contributed by atoms with Crippen molar-refractivity contribution in [1.29, 1.82) is 0 Å². The molecule has 112 valence electrons. The first kappa shape index (κ1) is 15.2. The number of phenols is 1. The van der Waals surface area contributed by atoms with Gasteiger partial charge >= 0.3 is 0 Å². The molecular formula is C18H29NO. The molecule has 1 aromatic rings. The van der Waals surface area contributed by atoms with Crippen molar-refractivity contribution in [1.82, 2.24) is 0 Å². The Balaban J connectivity index is 2.60. The molecule has 1 fully saturated rings. The second kappa shape index (κ2) is 4.98. The van der Waals surface area contributed by atoms with Crippen molar-refractivity contribution in [2.24, 2.45) is 0 Å². The maximum absolute atomic E-state index is 10.7. The Kier molecular flexibility index (Phi) is 3.79. The largest absolute Gasteiger partial charge is 0.505 e. The van der Waals surface area contributed by atoms with Gasteiger partial charge in [-0.05, 0) is 35.3 Å². The van der Waals surface area contributed by atoms with Gasteiger partial charge in [-0.15, -0.1) is 0 Å². The number of benzene rings is 1. The Morgan fingerprint density at radius 2 is 1.45 bits per heavy atom. The third-order valence-electron chi connectivity index (χ3n) is 4.21. The summed E-state index contributed by atoms with van der Waals surface area (Å²) in [5.41, 5.74) is 3.45. The summed E-state index contributed by atoms with van der Waals surface area (Å²) in [6.07, 6.45) is 2.45. The first-order chi connectivity index (χ1) is 9.10. The van der Waals surface area contributed by atoms with Crippen LogP contribution in [0.25, 0.3) is 0 Å². The average molecular weight is 275 g/mol. The molecule has 0 radical (unpaired) electrons. The predicted molar refractivity (Wildman–Crippen MR) is 87.0 cm³/mol. The number of anilines is 1. The summed E-state index contributed by atoms with van der Waals surface area (Å²) in [7, 11) is 0. The molecule has 0 aliphatic carbocycles. The zero-order valence-corrected chi connectivity index (χ0v) is 13.9. The van der Waals surface area contributed by atoms with Crippen LogP contribution in [0.2, 0.25) is 0 Å². The van der Waals surface area contributed by atoms with Crippen LogP contribution in [0.3, 0.4) is 0 Å². The lowest BCUT2D eigenvalue weighted by molar-refractivity contribution is 0.444. The second-order valence-corrected chi connectivity index (χ2v) is 8.09. The fourth-order valence-electron chi connectivity index (χ4n) is 2.82. The van der Waals surface area contributed by atoms with Crippen LogP contribution >= 0.6 is 0 Å². The smallest absolute Gasteiger partial charge is 0.142 e. The summed E-state index contributed by atoms with van der Waals surface area (Å²) in [6.45, 7) is 15.3. The zero-order valence-electron chi connectivity index (χ0n) is 13.9. The fourth-order valence-corrected chi connectivity index (χ4v) is 2.82. The standard InChI is InChI=1S/C18H29NO/c1-17(2,3)13-11-14(18(4,5)6)16(20)15(12-13)19-9-7-8-10-19/h11-12,20H,7-10H2,1-6H3. The van der Waals surface area contributed by atoms with Gasteiger partial charge in [0.1, 0.15) is 5.75 Å². The zero-order chi connectivity index (χ0) is 15.1. The molecule has 1 saturated heterocycles. The van der Waals surface area contributed by atoms with E-state index in [9.17, 15) is 5.11 Å². The molecule has 0 atom stereocenters. The van der Waals surface area contributed by atoms with Gasteiger partial charge in [-0.2, -0.15) is 0 Å². The molecule has 2 rings (SSSR count). The van der Waals surface area contributed by atoms with Crippen LogP contribution in [0.5, 0.6) is 5.75 Å². The van der Waals surface area contributed by atoms with Crippen molar-refractivity contribution in [3.8, 4) is 5.75 Å². The molecule has 0 aromatic heterocycles. The van der Waals surface area contributed by atoms with E-state index in [1.54, 1.807) is 0 Å². The minimum Gasteiger partial charge on any atom is -0.505 e. The molecule has 20 heavy (non-hydrogen) atoms. The fraction of sp³-hybridized carbons (Fsp3) is 0.667. The Labute approximate surface area is 123 Å². The van der Waals surface area contributed by atoms with Gasteiger partial charge in [-0.25, -0.2) is 0 Å². The number of hydrogen-bond donors (Lipinski definition) is 1. The molecule has 2 nitrogen and oxygen atoms in total. The Morgan fingerprint density at radius 1 is 0.900 bits per heavy atom. The minimum absolute atomic E-state index is 0.0418. The van der Waals surface area contributed by atoms with Gasteiger partial charge in [0, 0.05) is 18.7 Å². The van der Waals surface area contributed by atoms with E-state index in [1.807, 2.05) is 0 Å². The van der Waals surface area contributed by atoms with E-state index in [0.29, 0.717) is 5.75 Å². The Morgan fingerprint density at radius 3 is 1.90 bits per heavy atom. The van der Waals surface area contributed by atoms with E-state index in [2.05, 4.69) is 58.6 Å². The van der Waals surface area contributed by atoms with E-state index in [-0.39, 0.29) is 10.8 Å². The van der Waals surface area contributed by atoms with Crippen molar-refractivity contribution in [3.63, 3.8) is 0 Å². The third-order valence-corrected chi connectivity index (χ3v) is 4.21. The van der Waals surface area contributed by atoms with Crippen molar-refractivity contribution < 1.29 is 5.11 Å². The maximum atomic E-state index is 10.7.